The fourth-order valence-electron chi connectivity index (χ4n) is 3.04. The highest BCUT2D eigenvalue weighted by atomic mass is 32.1. The molecule has 0 bridgehead atoms. The summed E-state index contributed by atoms with van der Waals surface area (Å²) in [5.41, 5.74) is 3.85. The van der Waals surface area contributed by atoms with E-state index in [2.05, 4.69) is 63.1 Å². The Hall–Kier alpha value is -1.43. The highest BCUT2D eigenvalue weighted by Crippen LogP contribution is 2.15. The second-order valence-electron chi connectivity index (χ2n) is 6.23. The van der Waals surface area contributed by atoms with E-state index in [-0.39, 0.29) is 0 Å². The SMILES string of the molecule is CCc1cccc(NC(=S)N2CCCN(Cc3ccsc3)CC2)c1. The Bertz CT molecular complexity index is 654. The van der Waals surface area contributed by atoms with Crippen LogP contribution in [-0.4, -0.2) is 41.1 Å². The molecule has 128 valence electrons. The number of anilines is 1. The zero-order valence-corrected chi connectivity index (χ0v) is 15.8. The van der Waals surface area contributed by atoms with Crippen molar-refractivity contribution in [1.82, 2.24) is 9.80 Å². The molecular weight excluding hydrogens is 334 g/mol. The lowest BCUT2D eigenvalue weighted by Gasteiger charge is -2.24. The largest absolute Gasteiger partial charge is 0.348 e. The lowest BCUT2D eigenvalue weighted by molar-refractivity contribution is 0.278. The third-order valence-corrected chi connectivity index (χ3v) is 5.54. The Labute approximate surface area is 154 Å². The van der Waals surface area contributed by atoms with Crippen LogP contribution in [0.15, 0.2) is 41.1 Å². The molecule has 1 saturated heterocycles. The molecule has 1 aromatic carbocycles. The van der Waals surface area contributed by atoms with E-state index in [1.807, 2.05) is 0 Å². The third-order valence-electron chi connectivity index (χ3n) is 4.45. The Balaban J connectivity index is 1.54. The van der Waals surface area contributed by atoms with Crippen molar-refractivity contribution in [1.29, 1.82) is 0 Å². The first-order valence-electron chi connectivity index (χ1n) is 8.63. The molecule has 2 aromatic rings. The maximum atomic E-state index is 5.65. The first-order chi connectivity index (χ1) is 11.7. The van der Waals surface area contributed by atoms with Crippen molar-refractivity contribution in [3.05, 3.63) is 52.2 Å². The van der Waals surface area contributed by atoms with E-state index in [0.29, 0.717) is 0 Å². The lowest BCUT2D eigenvalue weighted by atomic mass is 10.1. The molecular formula is C19H25N3S2. The van der Waals surface area contributed by atoms with Gasteiger partial charge >= 0.3 is 0 Å². The van der Waals surface area contributed by atoms with E-state index in [0.717, 1.165) is 56.4 Å². The first-order valence-corrected chi connectivity index (χ1v) is 9.98. The molecule has 0 unspecified atom stereocenters. The van der Waals surface area contributed by atoms with Gasteiger partial charge in [0.05, 0.1) is 0 Å². The van der Waals surface area contributed by atoms with Gasteiger partial charge in [-0.05, 0) is 65.1 Å². The van der Waals surface area contributed by atoms with Crippen LogP contribution in [0, 0.1) is 0 Å². The summed E-state index contributed by atoms with van der Waals surface area (Å²) in [6.45, 7) is 7.44. The highest BCUT2D eigenvalue weighted by molar-refractivity contribution is 7.80. The maximum Gasteiger partial charge on any atom is 0.173 e. The molecule has 1 aliphatic rings. The van der Waals surface area contributed by atoms with Crippen LogP contribution in [0.3, 0.4) is 0 Å². The summed E-state index contributed by atoms with van der Waals surface area (Å²) in [6.07, 6.45) is 2.20. The van der Waals surface area contributed by atoms with Crippen molar-refractivity contribution < 1.29 is 0 Å². The van der Waals surface area contributed by atoms with E-state index >= 15 is 0 Å². The highest BCUT2D eigenvalue weighted by Gasteiger charge is 2.17. The van der Waals surface area contributed by atoms with E-state index in [1.54, 1.807) is 11.3 Å². The van der Waals surface area contributed by atoms with Crippen LogP contribution in [-0.2, 0) is 13.0 Å². The van der Waals surface area contributed by atoms with Gasteiger partial charge in [-0.1, -0.05) is 19.1 Å². The topological polar surface area (TPSA) is 18.5 Å². The zero-order chi connectivity index (χ0) is 16.8. The van der Waals surface area contributed by atoms with Gasteiger partial charge in [0, 0.05) is 38.4 Å². The maximum absolute atomic E-state index is 5.65. The number of benzene rings is 1. The van der Waals surface area contributed by atoms with Gasteiger partial charge in [0.15, 0.2) is 5.11 Å². The molecule has 0 spiro atoms. The summed E-state index contributed by atoms with van der Waals surface area (Å²) in [5, 5.41) is 8.66. The van der Waals surface area contributed by atoms with Gasteiger partial charge in [0.2, 0.25) is 0 Å². The molecule has 5 heteroatoms. The van der Waals surface area contributed by atoms with Gasteiger partial charge in [0.25, 0.3) is 0 Å². The zero-order valence-electron chi connectivity index (χ0n) is 14.2. The fraction of sp³-hybridized carbons (Fsp3) is 0.421. The predicted octanol–water partition coefficient (Wildman–Crippen LogP) is 4.22. The molecule has 0 saturated carbocycles. The lowest BCUT2D eigenvalue weighted by Crippen LogP contribution is -2.37. The molecule has 0 atom stereocenters. The number of thiophene rings is 1. The molecule has 2 heterocycles. The summed E-state index contributed by atoms with van der Waals surface area (Å²) in [5.74, 6) is 0. The van der Waals surface area contributed by atoms with Gasteiger partial charge in [0.1, 0.15) is 0 Å². The van der Waals surface area contributed by atoms with E-state index in [4.69, 9.17) is 12.2 Å². The minimum Gasteiger partial charge on any atom is -0.348 e. The Morgan fingerprint density at radius 1 is 1.17 bits per heavy atom. The second-order valence-corrected chi connectivity index (χ2v) is 7.40. The van der Waals surface area contributed by atoms with Crippen molar-refractivity contribution in [2.45, 2.75) is 26.3 Å². The van der Waals surface area contributed by atoms with Crippen LogP contribution in [0.5, 0.6) is 0 Å². The quantitative estimate of drug-likeness (QED) is 0.824. The normalized spacial score (nSPS) is 16.0. The fourth-order valence-corrected chi connectivity index (χ4v) is 4.00. The summed E-state index contributed by atoms with van der Waals surface area (Å²) < 4.78 is 0. The molecule has 0 radical (unpaired) electrons. The number of thiocarbonyl (C=S) groups is 1. The van der Waals surface area contributed by atoms with Crippen LogP contribution in [0.2, 0.25) is 0 Å². The van der Waals surface area contributed by atoms with E-state index in [9.17, 15) is 0 Å². The second kappa shape index (κ2) is 8.60. The molecule has 1 N–H and O–H groups in total. The van der Waals surface area contributed by atoms with E-state index in [1.165, 1.54) is 11.1 Å². The van der Waals surface area contributed by atoms with Gasteiger partial charge in [-0.3, -0.25) is 4.90 Å². The number of rotatable bonds is 4. The summed E-state index contributed by atoms with van der Waals surface area (Å²) in [4.78, 5) is 4.84. The van der Waals surface area contributed by atoms with Crippen LogP contribution >= 0.6 is 23.6 Å². The van der Waals surface area contributed by atoms with Gasteiger partial charge < -0.3 is 10.2 Å². The van der Waals surface area contributed by atoms with Gasteiger partial charge in [-0.15, -0.1) is 0 Å². The third kappa shape index (κ3) is 4.79. The average molecular weight is 360 g/mol. The molecule has 24 heavy (non-hydrogen) atoms. The Kier molecular flexibility index (Phi) is 6.24. The summed E-state index contributed by atoms with van der Waals surface area (Å²) in [7, 11) is 0. The van der Waals surface area contributed by atoms with Gasteiger partial charge in [-0.2, -0.15) is 11.3 Å². The van der Waals surface area contributed by atoms with Crippen LogP contribution in [0.25, 0.3) is 0 Å². The monoisotopic (exact) mass is 359 g/mol. The van der Waals surface area contributed by atoms with Crippen molar-refractivity contribution in [3.63, 3.8) is 0 Å². The van der Waals surface area contributed by atoms with Gasteiger partial charge in [-0.25, -0.2) is 0 Å². The molecule has 0 aliphatic carbocycles. The smallest absolute Gasteiger partial charge is 0.173 e. The molecule has 3 nitrogen and oxygen atoms in total. The number of aryl methyl sites for hydroxylation is 1. The van der Waals surface area contributed by atoms with Crippen molar-refractivity contribution >= 4 is 34.4 Å². The Morgan fingerprint density at radius 2 is 2.08 bits per heavy atom. The average Bonchev–Trinajstić information content (AvgIpc) is 2.99. The minimum atomic E-state index is 0.848. The number of nitrogens with one attached hydrogen (secondary N) is 1. The van der Waals surface area contributed by atoms with Crippen LogP contribution in [0.4, 0.5) is 5.69 Å². The summed E-state index contributed by atoms with van der Waals surface area (Å²) in [6, 6.07) is 10.7. The number of hydrogen-bond acceptors (Lipinski definition) is 3. The van der Waals surface area contributed by atoms with Crippen molar-refractivity contribution in [3.8, 4) is 0 Å². The molecule has 1 aliphatic heterocycles. The molecule has 3 rings (SSSR count). The first kappa shape index (κ1) is 17.4. The van der Waals surface area contributed by atoms with Crippen LogP contribution < -0.4 is 5.32 Å². The number of hydrogen-bond donors (Lipinski definition) is 1. The molecule has 1 aromatic heterocycles. The molecule has 1 fully saturated rings. The van der Waals surface area contributed by atoms with E-state index < -0.39 is 0 Å². The molecule has 0 amide bonds. The number of nitrogens with zero attached hydrogens (tertiary/aromatic N) is 2. The summed E-state index contributed by atoms with van der Waals surface area (Å²) >= 11 is 7.42. The predicted molar refractivity (Wildman–Crippen MR) is 108 cm³/mol. The van der Waals surface area contributed by atoms with Crippen molar-refractivity contribution in [2.24, 2.45) is 0 Å². The minimum absolute atomic E-state index is 0.848. The standard InChI is InChI=1S/C19H25N3S2/c1-2-16-5-3-6-18(13-16)20-19(23)22-9-4-8-21(10-11-22)14-17-7-12-24-15-17/h3,5-7,12-13,15H,2,4,8-11,14H2,1H3,(H,20,23). The van der Waals surface area contributed by atoms with Crippen molar-refractivity contribution in [2.75, 3.05) is 31.5 Å². The van der Waals surface area contributed by atoms with Crippen LogP contribution in [0.1, 0.15) is 24.5 Å². The Morgan fingerprint density at radius 3 is 2.88 bits per heavy atom.